The smallest absolute Gasteiger partial charge is 0.347 e. The number of carboxylic acid groups (broad SMARTS) is 1. The van der Waals surface area contributed by atoms with Gasteiger partial charge in [0.05, 0.1) is 16.1 Å². The molecule has 2 aromatic heterocycles. The van der Waals surface area contributed by atoms with Gasteiger partial charge >= 0.3 is 5.97 Å². The van der Waals surface area contributed by atoms with Crippen LogP contribution in [0.1, 0.15) is 29.2 Å². The van der Waals surface area contributed by atoms with Gasteiger partial charge in [-0.05, 0) is 12.3 Å². The van der Waals surface area contributed by atoms with E-state index in [0.29, 0.717) is 22.9 Å². The molecule has 0 saturated heterocycles. The Bertz CT molecular complexity index is 518. The maximum atomic E-state index is 11.1. The molecular weight excluding hydrogens is 256 g/mol. The van der Waals surface area contributed by atoms with E-state index < -0.39 is 5.97 Å². The first kappa shape index (κ1) is 12.2. The summed E-state index contributed by atoms with van der Waals surface area (Å²) in [5.74, 6) is -0.501. The topological polar surface area (TPSA) is 63.1 Å². The second-order valence-corrected chi connectivity index (χ2v) is 5.95. The Morgan fingerprint density at radius 2 is 2.29 bits per heavy atom. The Labute approximate surface area is 107 Å². The minimum absolute atomic E-state index is 0.349. The molecular formula is C11H12N2O2S2. The summed E-state index contributed by atoms with van der Waals surface area (Å²) in [4.78, 5) is 20.8. The Morgan fingerprint density at radius 3 is 2.82 bits per heavy atom. The van der Waals surface area contributed by atoms with Gasteiger partial charge in [-0.1, -0.05) is 13.8 Å². The van der Waals surface area contributed by atoms with Crippen LogP contribution in [0.2, 0.25) is 0 Å². The number of aromatic nitrogens is 2. The normalized spacial score (nSPS) is 11.0. The fourth-order valence-corrected chi connectivity index (χ4v) is 3.08. The highest BCUT2D eigenvalue weighted by molar-refractivity contribution is 7.21. The van der Waals surface area contributed by atoms with Crippen LogP contribution in [0.15, 0.2) is 11.7 Å². The van der Waals surface area contributed by atoms with E-state index in [4.69, 9.17) is 5.11 Å². The van der Waals surface area contributed by atoms with Crippen molar-refractivity contribution >= 4 is 28.6 Å². The number of aromatic carboxylic acids is 1. The van der Waals surface area contributed by atoms with E-state index in [0.717, 1.165) is 9.88 Å². The predicted molar refractivity (Wildman–Crippen MR) is 68.7 cm³/mol. The van der Waals surface area contributed by atoms with Gasteiger partial charge in [0.1, 0.15) is 9.88 Å². The molecule has 0 bridgehead atoms. The highest BCUT2D eigenvalue weighted by Gasteiger charge is 2.19. The Morgan fingerprint density at radius 1 is 1.53 bits per heavy atom. The third-order valence-electron chi connectivity index (χ3n) is 2.14. The monoisotopic (exact) mass is 268 g/mol. The van der Waals surface area contributed by atoms with Crippen molar-refractivity contribution in [1.29, 1.82) is 0 Å². The summed E-state index contributed by atoms with van der Waals surface area (Å²) in [6.45, 7) is 4.11. The van der Waals surface area contributed by atoms with Crippen molar-refractivity contribution in [2.75, 3.05) is 0 Å². The highest BCUT2D eigenvalue weighted by atomic mass is 32.1. The van der Waals surface area contributed by atoms with Gasteiger partial charge < -0.3 is 5.11 Å². The molecule has 4 nitrogen and oxygen atoms in total. The molecule has 2 heterocycles. The van der Waals surface area contributed by atoms with Gasteiger partial charge in [-0.3, -0.25) is 4.98 Å². The zero-order valence-corrected chi connectivity index (χ0v) is 11.1. The molecule has 2 aromatic rings. The van der Waals surface area contributed by atoms with Crippen molar-refractivity contribution in [3.05, 3.63) is 22.3 Å². The number of rotatable bonds is 4. The molecule has 17 heavy (non-hydrogen) atoms. The number of nitrogens with zero attached hydrogens (tertiary/aromatic N) is 2. The van der Waals surface area contributed by atoms with Crippen LogP contribution in [0.4, 0.5) is 0 Å². The van der Waals surface area contributed by atoms with E-state index in [2.05, 4.69) is 23.8 Å². The average Bonchev–Trinajstić information content (AvgIpc) is 2.82. The first-order chi connectivity index (χ1) is 8.08. The lowest BCUT2D eigenvalue weighted by atomic mass is 10.1. The quantitative estimate of drug-likeness (QED) is 0.925. The van der Waals surface area contributed by atoms with Gasteiger partial charge in [0, 0.05) is 6.20 Å². The van der Waals surface area contributed by atoms with E-state index in [-0.39, 0.29) is 0 Å². The largest absolute Gasteiger partial charge is 0.477 e. The third-order valence-corrected chi connectivity index (χ3v) is 4.16. The van der Waals surface area contributed by atoms with Gasteiger partial charge in [0.15, 0.2) is 0 Å². The third kappa shape index (κ3) is 2.70. The minimum atomic E-state index is -0.895. The Hall–Kier alpha value is -1.27. The highest BCUT2D eigenvalue weighted by Crippen LogP contribution is 2.31. The van der Waals surface area contributed by atoms with Crippen LogP contribution in [0, 0.1) is 5.92 Å². The summed E-state index contributed by atoms with van der Waals surface area (Å²) in [5.41, 5.74) is 2.40. The molecule has 0 aliphatic carbocycles. The van der Waals surface area contributed by atoms with Crippen LogP contribution in [0.3, 0.4) is 0 Å². The van der Waals surface area contributed by atoms with Crippen molar-refractivity contribution in [3.8, 4) is 9.88 Å². The summed E-state index contributed by atoms with van der Waals surface area (Å²) >= 11 is 2.70. The van der Waals surface area contributed by atoms with Crippen molar-refractivity contribution in [1.82, 2.24) is 9.97 Å². The van der Waals surface area contributed by atoms with Crippen molar-refractivity contribution < 1.29 is 9.90 Å². The lowest BCUT2D eigenvalue weighted by Crippen LogP contribution is -2.02. The summed E-state index contributed by atoms with van der Waals surface area (Å²) in [7, 11) is 0. The molecule has 90 valence electrons. The molecule has 0 fully saturated rings. The fourth-order valence-electron chi connectivity index (χ4n) is 1.47. The van der Waals surface area contributed by atoms with E-state index in [1.165, 1.54) is 22.7 Å². The molecule has 2 rings (SSSR count). The zero-order chi connectivity index (χ0) is 12.4. The van der Waals surface area contributed by atoms with Gasteiger partial charge in [-0.25, -0.2) is 9.78 Å². The van der Waals surface area contributed by atoms with Gasteiger partial charge in [0.25, 0.3) is 0 Å². The summed E-state index contributed by atoms with van der Waals surface area (Å²) in [6.07, 6.45) is 2.41. The molecule has 0 aromatic carbocycles. The molecule has 0 aliphatic rings. The molecule has 1 N–H and O–H groups in total. The average molecular weight is 268 g/mol. The molecule has 0 atom stereocenters. The minimum Gasteiger partial charge on any atom is -0.477 e. The van der Waals surface area contributed by atoms with E-state index in [9.17, 15) is 4.79 Å². The molecule has 0 saturated carbocycles. The standard InChI is InChI=1S/C11H12N2O2S2/c1-6(2)3-7-9(11(14)15)17-10(13-7)8-4-12-5-16-8/h4-6H,3H2,1-2H3,(H,14,15). The molecule has 6 heteroatoms. The zero-order valence-electron chi connectivity index (χ0n) is 9.51. The van der Waals surface area contributed by atoms with Crippen LogP contribution in [0.5, 0.6) is 0 Å². The molecule has 0 amide bonds. The number of carboxylic acids is 1. The van der Waals surface area contributed by atoms with Crippen LogP contribution in [0.25, 0.3) is 9.88 Å². The Balaban J connectivity index is 2.41. The van der Waals surface area contributed by atoms with E-state index in [1.54, 1.807) is 11.7 Å². The molecule has 0 aliphatic heterocycles. The maximum absolute atomic E-state index is 11.1. The second-order valence-electron chi connectivity index (χ2n) is 4.06. The summed E-state index contributed by atoms with van der Waals surface area (Å²) in [5, 5.41) is 9.90. The SMILES string of the molecule is CC(C)Cc1nc(-c2cncs2)sc1C(=O)O. The lowest BCUT2D eigenvalue weighted by Gasteiger charge is -2.01. The molecule has 0 spiro atoms. The van der Waals surface area contributed by atoms with Crippen LogP contribution in [-0.4, -0.2) is 21.0 Å². The number of carbonyl (C=O) groups is 1. The first-order valence-corrected chi connectivity index (χ1v) is 6.89. The van der Waals surface area contributed by atoms with Crippen LogP contribution in [-0.2, 0) is 6.42 Å². The number of hydrogen-bond acceptors (Lipinski definition) is 5. The lowest BCUT2D eigenvalue weighted by molar-refractivity contribution is 0.0700. The van der Waals surface area contributed by atoms with Crippen LogP contribution < -0.4 is 0 Å². The van der Waals surface area contributed by atoms with Crippen LogP contribution >= 0.6 is 22.7 Å². The summed E-state index contributed by atoms with van der Waals surface area (Å²) in [6, 6.07) is 0. The predicted octanol–water partition coefficient (Wildman–Crippen LogP) is 3.16. The molecule has 0 unspecified atom stereocenters. The van der Waals surface area contributed by atoms with Crippen molar-refractivity contribution in [3.63, 3.8) is 0 Å². The number of thiazole rings is 2. The van der Waals surface area contributed by atoms with Gasteiger partial charge in [-0.15, -0.1) is 22.7 Å². The fraction of sp³-hybridized carbons (Fsp3) is 0.364. The van der Waals surface area contributed by atoms with Crippen molar-refractivity contribution in [2.24, 2.45) is 5.92 Å². The van der Waals surface area contributed by atoms with E-state index in [1.807, 2.05) is 0 Å². The second kappa shape index (κ2) is 4.93. The number of hydrogen-bond donors (Lipinski definition) is 1. The molecule has 0 radical (unpaired) electrons. The maximum Gasteiger partial charge on any atom is 0.347 e. The summed E-state index contributed by atoms with van der Waals surface area (Å²) < 4.78 is 0. The van der Waals surface area contributed by atoms with Gasteiger partial charge in [0.2, 0.25) is 0 Å². The van der Waals surface area contributed by atoms with Crippen molar-refractivity contribution in [2.45, 2.75) is 20.3 Å². The Kier molecular flexibility index (Phi) is 3.54. The van der Waals surface area contributed by atoms with E-state index >= 15 is 0 Å². The van der Waals surface area contributed by atoms with Gasteiger partial charge in [-0.2, -0.15) is 0 Å². The first-order valence-electron chi connectivity index (χ1n) is 5.19.